The Morgan fingerprint density at radius 3 is 2.53 bits per heavy atom. The van der Waals surface area contributed by atoms with Gasteiger partial charge in [-0.25, -0.2) is 0 Å². The number of benzene rings is 2. The van der Waals surface area contributed by atoms with Gasteiger partial charge < -0.3 is 15.7 Å². The number of anilines is 2. The van der Waals surface area contributed by atoms with E-state index in [-0.39, 0.29) is 5.82 Å². The number of carbonyl (C=O) groups excluding carboxylic acids is 1. The van der Waals surface area contributed by atoms with Crippen LogP contribution in [0.15, 0.2) is 66.7 Å². The zero-order valence-corrected chi connectivity index (χ0v) is 21.2. The van der Waals surface area contributed by atoms with Gasteiger partial charge in [-0.15, -0.1) is 15.3 Å². The molecule has 10 heteroatoms. The van der Waals surface area contributed by atoms with Gasteiger partial charge in [0.2, 0.25) is 5.13 Å². The zero-order valence-electron chi connectivity index (χ0n) is 19.6. The van der Waals surface area contributed by atoms with E-state index >= 15 is 0 Å². The van der Waals surface area contributed by atoms with Gasteiger partial charge in [0.25, 0.3) is 5.91 Å². The van der Waals surface area contributed by atoms with Gasteiger partial charge in [0.15, 0.2) is 11.9 Å². The highest BCUT2D eigenvalue weighted by atomic mass is 35.5. The van der Waals surface area contributed by atoms with Gasteiger partial charge in [-0.1, -0.05) is 65.4 Å². The summed E-state index contributed by atoms with van der Waals surface area (Å²) in [5, 5.41) is 35.2. The number of aliphatic hydroxyl groups is 1. The quantitative estimate of drug-likeness (QED) is 0.227. The van der Waals surface area contributed by atoms with Gasteiger partial charge >= 0.3 is 0 Å². The molecule has 4 aromatic rings. The number of aromatic nitrogens is 4. The van der Waals surface area contributed by atoms with Gasteiger partial charge in [-0.3, -0.25) is 4.79 Å². The second kappa shape index (κ2) is 13.1. The van der Waals surface area contributed by atoms with Crippen molar-refractivity contribution < 1.29 is 9.90 Å². The predicted octanol–water partition coefficient (Wildman–Crippen LogP) is 4.87. The fourth-order valence-electron chi connectivity index (χ4n) is 3.55. The van der Waals surface area contributed by atoms with Crippen LogP contribution in [0, 0.1) is 0 Å². The SMILES string of the molecule is O=C(Nc1ccc(CCCCc2nnc(NCCc3ccccc3)s2)nn1)C(O)c1cccc(Cl)c1. The molecule has 0 saturated carbocycles. The van der Waals surface area contributed by atoms with Crippen LogP contribution in [0.2, 0.25) is 5.02 Å². The Morgan fingerprint density at radius 2 is 1.75 bits per heavy atom. The van der Waals surface area contributed by atoms with Crippen LogP contribution in [0.4, 0.5) is 10.9 Å². The zero-order chi connectivity index (χ0) is 25.2. The van der Waals surface area contributed by atoms with Crippen molar-refractivity contribution in [3.8, 4) is 0 Å². The summed E-state index contributed by atoms with van der Waals surface area (Å²) >= 11 is 7.52. The number of rotatable bonds is 12. The minimum Gasteiger partial charge on any atom is -0.378 e. The van der Waals surface area contributed by atoms with Crippen molar-refractivity contribution in [2.75, 3.05) is 17.2 Å². The van der Waals surface area contributed by atoms with E-state index < -0.39 is 12.0 Å². The van der Waals surface area contributed by atoms with Crippen molar-refractivity contribution in [2.45, 2.75) is 38.2 Å². The highest BCUT2D eigenvalue weighted by molar-refractivity contribution is 7.15. The molecule has 2 aromatic carbocycles. The normalized spacial score (nSPS) is 11.7. The molecule has 8 nitrogen and oxygen atoms in total. The van der Waals surface area contributed by atoms with Gasteiger partial charge in [0.05, 0.1) is 5.69 Å². The van der Waals surface area contributed by atoms with Crippen LogP contribution in [0.5, 0.6) is 0 Å². The molecule has 2 heterocycles. The predicted molar refractivity (Wildman–Crippen MR) is 142 cm³/mol. The minimum atomic E-state index is -1.34. The number of aliphatic hydroxyl groups excluding tert-OH is 1. The average Bonchev–Trinajstić information content (AvgIpc) is 3.35. The lowest BCUT2D eigenvalue weighted by Gasteiger charge is -2.11. The molecule has 36 heavy (non-hydrogen) atoms. The van der Waals surface area contributed by atoms with Crippen LogP contribution in [-0.4, -0.2) is 38.0 Å². The third-order valence-corrected chi connectivity index (χ3v) is 6.63. The lowest BCUT2D eigenvalue weighted by Crippen LogP contribution is -2.21. The second-order valence-corrected chi connectivity index (χ2v) is 9.73. The second-order valence-electron chi connectivity index (χ2n) is 8.23. The molecular formula is C26H27ClN6O2S. The Bertz CT molecular complexity index is 1250. The molecule has 0 fully saturated rings. The summed E-state index contributed by atoms with van der Waals surface area (Å²) in [4.78, 5) is 12.3. The summed E-state index contributed by atoms with van der Waals surface area (Å²) in [5.41, 5.74) is 2.54. The maximum Gasteiger partial charge on any atom is 0.259 e. The van der Waals surface area contributed by atoms with Crippen LogP contribution < -0.4 is 10.6 Å². The van der Waals surface area contributed by atoms with Crippen LogP contribution in [0.3, 0.4) is 0 Å². The molecule has 1 unspecified atom stereocenters. The van der Waals surface area contributed by atoms with Crippen LogP contribution in [-0.2, 0) is 24.1 Å². The lowest BCUT2D eigenvalue weighted by molar-refractivity contribution is -0.124. The molecule has 0 aliphatic carbocycles. The maximum atomic E-state index is 12.3. The third-order valence-electron chi connectivity index (χ3n) is 5.46. The monoisotopic (exact) mass is 522 g/mol. The van der Waals surface area contributed by atoms with E-state index in [0.717, 1.165) is 54.5 Å². The number of nitrogens with one attached hydrogen (secondary N) is 2. The topological polar surface area (TPSA) is 113 Å². The van der Waals surface area contributed by atoms with Gasteiger partial charge in [0.1, 0.15) is 5.01 Å². The van der Waals surface area contributed by atoms with Crippen molar-refractivity contribution in [3.05, 3.63) is 93.6 Å². The molecule has 0 aliphatic heterocycles. The molecule has 2 aromatic heterocycles. The summed E-state index contributed by atoms with van der Waals surface area (Å²) in [7, 11) is 0. The Hall–Kier alpha value is -3.40. The van der Waals surface area contributed by atoms with E-state index in [1.807, 2.05) is 24.3 Å². The summed E-state index contributed by atoms with van der Waals surface area (Å²) in [5.74, 6) is -0.309. The summed E-state index contributed by atoms with van der Waals surface area (Å²) < 4.78 is 0. The first-order valence-corrected chi connectivity index (χ1v) is 12.9. The lowest BCUT2D eigenvalue weighted by atomic mass is 10.1. The van der Waals surface area contributed by atoms with Crippen molar-refractivity contribution >= 4 is 39.8 Å². The van der Waals surface area contributed by atoms with Crippen LogP contribution in [0.1, 0.15) is 40.8 Å². The van der Waals surface area contributed by atoms with Crippen molar-refractivity contribution in [1.82, 2.24) is 20.4 Å². The Kier molecular flexibility index (Phi) is 9.32. The van der Waals surface area contributed by atoms with Gasteiger partial charge in [-0.2, -0.15) is 5.10 Å². The van der Waals surface area contributed by atoms with E-state index in [2.05, 4.69) is 43.2 Å². The molecule has 0 bridgehead atoms. The van der Waals surface area contributed by atoms with Crippen molar-refractivity contribution in [2.24, 2.45) is 0 Å². The molecule has 186 valence electrons. The Labute approximate surface area is 218 Å². The van der Waals surface area contributed by atoms with E-state index in [4.69, 9.17) is 11.6 Å². The molecular weight excluding hydrogens is 496 g/mol. The van der Waals surface area contributed by atoms with Gasteiger partial charge in [0, 0.05) is 18.0 Å². The molecule has 1 atom stereocenters. The van der Waals surface area contributed by atoms with E-state index in [0.29, 0.717) is 10.6 Å². The highest BCUT2D eigenvalue weighted by Gasteiger charge is 2.18. The summed E-state index contributed by atoms with van der Waals surface area (Å²) in [6.07, 6.45) is 3.13. The van der Waals surface area contributed by atoms with Gasteiger partial charge in [-0.05, 0) is 61.1 Å². The first-order chi connectivity index (χ1) is 17.6. The van der Waals surface area contributed by atoms with E-state index in [1.165, 1.54) is 5.56 Å². The van der Waals surface area contributed by atoms with Crippen LogP contribution in [0.25, 0.3) is 0 Å². The maximum absolute atomic E-state index is 12.3. The number of aryl methyl sites for hydroxylation is 2. The Balaban J connectivity index is 1.15. The Morgan fingerprint density at radius 1 is 0.917 bits per heavy atom. The summed E-state index contributed by atoms with van der Waals surface area (Å²) in [6.45, 7) is 0.827. The molecule has 0 spiro atoms. The number of hydrogen-bond donors (Lipinski definition) is 3. The largest absolute Gasteiger partial charge is 0.378 e. The first kappa shape index (κ1) is 25.7. The molecule has 0 saturated heterocycles. The van der Waals surface area contributed by atoms with Crippen molar-refractivity contribution in [1.29, 1.82) is 0 Å². The number of unbranched alkanes of at least 4 members (excludes halogenated alkanes) is 1. The smallest absolute Gasteiger partial charge is 0.259 e. The minimum absolute atomic E-state index is 0.283. The number of carbonyl (C=O) groups is 1. The van der Waals surface area contributed by atoms with E-state index in [1.54, 1.807) is 41.7 Å². The standard InChI is InChI=1S/C26H27ClN6O2S/c27-20-10-6-9-19(17-20)24(34)25(35)29-22-14-13-21(30-31-22)11-4-5-12-23-32-33-26(36-23)28-16-15-18-7-2-1-3-8-18/h1-3,6-10,13-14,17,24,34H,4-5,11-12,15-16H2,(H,28,33)(H,29,31,35). The third kappa shape index (κ3) is 7.81. The molecule has 0 radical (unpaired) electrons. The molecule has 4 rings (SSSR count). The first-order valence-electron chi connectivity index (χ1n) is 11.7. The number of hydrogen-bond acceptors (Lipinski definition) is 8. The number of nitrogens with zero attached hydrogens (tertiary/aromatic N) is 4. The fourth-order valence-corrected chi connectivity index (χ4v) is 4.56. The van der Waals surface area contributed by atoms with E-state index in [9.17, 15) is 9.90 Å². The molecule has 3 N–H and O–H groups in total. The molecule has 1 amide bonds. The number of amides is 1. The highest BCUT2D eigenvalue weighted by Crippen LogP contribution is 2.20. The summed E-state index contributed by atoms with van der Waals surface area (Å²) in [6, 6.07) is 20.4. The number of halogens is 1. The van der Waals surface area contributed by atoms with Crippen molar-refractivity contribution in [3.63, 3.8) is 0 Å². The van der Waals surface area contributed by atoms with Crippen LogP contribution >= 0.6 is 22.9 Å². The average molecular weight is 523 g/mol. The fraction of sp³-hybridized carbons (Fsp3) is 0.269. The molecule has 0 aliphatic rings.